The number of hydrogen-bond donors (Lipinski definition) is 0. The second-order valence-electron chi connectivity index (χ2n) is 16.1. The van der Waals surface area contributed by atoms with Crippen molar-refractivity contribution in [3.05, 3.63) is 243 Å². The molecule has 2 nitrogen and oxygen atoms in total. The molecule has 0 radical (unpaired) electrons. The summed E-state index contributed by atoms with van der Waals surface area (Å²) in [5, 5.41) is 9.90. The van der Waals surface area contributed by atoms with Gasteiger partial charge in [-0.25, -0.2) is 0 Å². The Balaban J connectivity index is 1.14. The predicted octanol–water partition coefficient (Wildman–Crippen LogP) is 16.7. The van der Waals surface area contributed by atoms with Crippen LogP contribution in [0.15, 0.2) is 243 Å². The monoisotopic (exact) mass is 788 g/mol. The Kier molecular flexibility index (Phi) is 8.53. The Bertz CT molecular complexity index is 3490. The van der Waals surface area contributed by atoms with Gasteiger partial charge in [0.2, 0.25) is 0 Å². The van der Waals surface area contributed by atoms with Gasteiger partial charge in [0.15, 0.2) is 0 Å². The molecule has 0 amide bonds. The molecule has 11 aromatic carbocycles. The number of anilines is 3. The van der Waals surface area contributed by atoms with E-state index in [4.69, 9.17) is 0 Å². The van der Waals surface area contributed by atoms with Crippen LogP contribution in [0.25, 0.3) is 93.2 Å². The number of fused-ring (bicyclic) bond motifs is 10. The van der Waals surface area contributed by atoms with Gasteiger partial charge in [0.25, 0.3) is 0 Å². The van der Waals surface area contributed by atoms with Gasteiger partial charge in [0.1, 0.15) is 0 Å². The summed E-state index contributed by atoms with van der Waals surface area (Å²) in [6, 6.07) is 88.4. The smallest absolute Gasteiger partial charge is 0.0626 e. The zero-order valence-corrected chi connectivity index (χ0v) is 34.0. The van der Waals surface area contributed by atoms with Gasteiger partial charge in [-0.05, 0) is 98.1 Å². The van der Waals surface area contributed by atoms with Crippen molar-refractivity contribution < 1.29 is 0 Å². The maximum absolute atomic E-state index is 2.48. The Labute approximate surface area is 360 Å². The second-order valence-corrected chi connectivity index (χ2v) is 16.1. The van der Waals surface area contributed by atoms with E-state index in [0.717, 1.165) is 22.7 Å². The van der Waals surface area contributed by atoms with Gasteiger partial charge < -0.3 is 9.47 Å². The van der Waals surface area contributed by atoms with Crippen molar-refractivity contribution in [2.75, 3.05) is 4.90 Å². The maximum atomic E-state index is 2.48. The second kappa shape index (κ2) is 14.8. The average Bonchev–Trinajstić information content (AvgIpc) is 3.71. The molecule has 0 aliphatic carbocycles. The van der Waals surface area contributed by atoms with Crippen LogP contribution in [0, 0.1) is 0 Å². The molecule has 0 saturated carbocycles. The molecule has 0 unspecified atom stereocenters. The Hall–Kier alpha value is -8.20. The van der Waals surface area contributed by atoms with Gasteiger partial charge >= 0.3 is 0 Å². The lowest BCUT2D eigenvalue weighted by atomic mass is 9.91. The van der Waals surface area contributed by atoms with E-state index in [0.29, 0.717) is 0 Å². The highest BCUT2D eigenvalue weighted by Crippen LogP contribution is 2.49. The molecule has 0 aliphatic rings. The minimum Gasteiger partial charge on any atom is -0.310 e. The zero-order valence-electron chi connectivity index (χ0n) is 34.0. The standard InChI is InChI=1S/C60H40N2/c1-4-16-41(17-5-1)44-28-34-47(35-29-44)61(48-36-30-45(31-37-48)42-18-6-2-7-19-42)57-40-55-50-22-10-13-25-53(50)60-59(58(55)52-24-12-11-23-51(52)57)54-26-14-15-27-56(54)62(60)49-38-32-46(33-39-49)43-20-8-3-9-21-43/h1-40H. The van der Waals surface area contributed by atoms with Crippen molar-refractivity contribution >= 4 is 71.2 Å². The summed E-state index contributed by atoms with van der Waals surface area (Å²) in [4.78, 5) is 2.45. The molecule has 0 bridgehead atoms. The topological polar surface area (TPSA) is 8.17 Å². The molecular formula is C60H40N2. The van der Waals surface area contributed by atoms with Crippen LogP contribution in [0.4, 0.5) is 17.1 Å². The molecule has 0 N–H and O–H groups in total. The van der Waals surface area contributed by atoms with Crippen LogP contribution in [-0.2, 0) is 0 Å². The molecule has 62 heavy (non-hydrogen) atoms. The molecule has 0 spiro atoms. The number of para-hydroxylation sites is 1. The first-order chi connectivity index (χ1) is 30.8. The Morgan fingerprint density at radius 1 is 0.274 bits per heavy atom. The first kappa shape index (κ1) is 35.7. The molecule has 12 rings (SSSR count). The van der Waals surface area contributed by atoms with Gasteiger partial charge in [0, 0.05) is 44.0 Å². The fraction of sp³-hybridized carbons (Fsp3) is 0. The number of rotatable bonds is 7. The molecule has 1 heterocycles. The quantitative estimate of drug-likeness (QED) is 0.146. The van der Waals surface area contributed by atoms with Gasteiger partial charge in [-0.15, -0.1) is 0 Å². The van der Waals surface area contributed by atoms with E-state index < -0.39 is 0 Å². The summed E-state index contributed by atoms with van der Waals surface area (Å²) in [6.07, 6.45) is 0. The summed E-state index contributed by atoms with van der Waals surface area (Å²) < 4.78 is 2.48. The molecule has 1 aromatic heterocycles. The van der Waals surface area contributed by atoms with E-state index >= 15 is 0 Å². The summed E-state index contributed by atoms with van der Waals surface area (Å²) >= 11 is 0. The molecule has 0 atom stereocenters. The molecule has 0 aliphatic heterocycles. The van der Waals surface area contributed by atoms with Crippen LogP contribution in [0.2, 0.25) is 0 Å². The van der Waals surface area contributed by atoms with E-state index in [1.165, 1.54) is 87.5 Å². The third kappa shape index (κ3) is 5.88. The van der Waals surface area contributed by atoms with Crippen molar-refractivity contribution in [2.45, 2.75) is 0 Å². The summed E-state index contributed by atoms with van der Waals surface area (Å²) in [7, 11) is 0. The lowest BCUT2D eigenvalue weighted by Gasteiger charge is -2.28. The molecule has 0 saturated heterocycles. The van der Waals surface area contributed by atoms with Gasteiger partial charge in [0.05, 0.1) is 16.7 Å². The Morgan fingerprint density at radius 3 is 1.21 bits per heavy atom. The van der Waals surface area contributed by atoms with Crippen LogP contribution < -0.4 is 4.90 Å². The van der Waals surface area contributed by atoms with Crippen LogP contribution in [0.5, 0.6) is 0 Å². The first-order valence-corrected chi connectivity index (χ1v) is 21.3. The van der Waals surface area contributed by atoms with Gasteiger partial charge in [-0.3, -0.25) is 0 Å². The van der Waals surface area contributed by atoms with Crippen LogP contribution >= 0.6 is 0 Å². The predicted molar refractivity (Wildman–Crippen MR) is 264 cm³/mol. The fourth-order valence-electron chi connectivity index (χ4n) is 9.69. The van der Waals surface area contributed by atoms with E-state index in [-0.39, 0.29) is 0 Å². The highest BCUT2D eigenvalue weighted by molar-refractivity contribution is 6.38. The molecule has 2 heteroatoms. The normalized spacial score (nSPS) is 11.5. The van der Waals surface area contributed by atoms with Crippen LogP contribution in [0.1, 0.15) is 0 Å². The van der Waals surface area contributed by atoms with E-state index in [1.807, 2.05) is 0 Å². The van der Waals surface area contributed by atoms with E-state index in [9.17, 15) is 0 Å². The molecule has 12 aromatic rings. The van der Waals surface area contributed by atoms with Crippen LogP contribution in [-0.4, -0.2) is 4.57 Å². The average molecular weight is 789 g/mol. The number of benzene rings is 11. The van der Waals surface area contributed by atoms with Crippen molar-refractivity contribution in [1.82, 2.24) is 4.57 Å². The minimum absolute atomic E-state index is 1.10. The summed E-state index contributed by atoms with van der Waals surface area (Å²) in [5.74, 6) is 0. The van der Waals surface area contributed by atoms with Gasteiger partial charge in [-0.2, -0.15) is 0 Å². The maximum Gasteiger partial charge on any atom is 0.0626 e. The lowest BCUT2D eigenvalue weighted by molar-refractivity contribution is 1.19. The highest BCUT2D eigenvalue weighted by Gasteiger charge is 2.24. The number of nitrogens with zero attached hydrogens (tertiary/aromatic N) is 2. The van der Waals surface area contributed by atoms with Crippen molar-refractivity contribution in [1.29, 1.82) is 0 Å². The molecule has 0 fully saturated rings. The number of hydrogen-bond acceptors (Lipinski definition) is 1. The fourth-order valence-corrected chi connectivity index (χ4v) is 9.69. The lowest BCUT2D eigenvalue weighted by Crippen LogP contribution is -2.10. The van der Waals surface area contributed by atoms with Crippen molar-refractivity contribution in [2.24, 2.45) is 0 Å². The van der Waals surface area contributed by atoms with E-state index in [1.54, 1.807) is 0 Å². The third-order valence-corrected chi connectivity index (χ3v) is 12.6. The summed E-state index contributed by atoms with van der Waals surface area (Å²) in [6.45, 7) is 0. The van der Waals surface area contributed by atoms with E-state index in [2.05, 4.69) is 252 Å². The van der Waals surface area contributed by atoms with Crippen molar-refractivity contribution in [3.8, 4) is 39.1 Å². The van der Waals surface area contributed by atoms with Crippen molar-refractivity contribution in [3.63, 3.8) is 0 Å². The minimum atomic E-state index is 1.10. The molecular weight excluding hydrogens is 749 g/mol. The SMILES string of the molecule is c1ccc(-c2ccc(N(c3ccc(-c4ccccc4)cc3)c3cc4c5ccccc5c5c(c6ccccc6n5-c5ccc(-c6ccccc6)cc5)c4c4ccccc34)cc2)cc1. The zero-order chi connectivity index (χ0) is 41.0. The Morgan fingerprint density at radius 2 is 0.677 bits per heavy atom. The largest absolute Gasteiger partial charge is 0.310 e. The van der Waals surface area contributed by atoms with Gasteiger partial charge in [-0.1, -0.05) is 194 Å². The molecule has 290 valence electrons. The van der Waals surface area contributed by atoms with Crippen LogP contribution in [0.3, 0.4) is 0 Å². The third-order valence-electron chi connectivity index (χ3n) is 12.6. The highest BCUT2D eigenvalue weighted by atomic mass is 15.1. The number of aromatic nitrogens is 1. The first-order valence-electron chi connectivity index (χ1n) is 21.3. The summed E-state index contributed by atoms with van der Waals surface area (Å²) in [5.41, 5.74) is 14.1.